The minimum atomic E-state index is -0.474. The zero-order chi connectivity index (χ0) is 25.9. The van der Waals surface area contributed by atoms with Gasteiger partial charge in [0.15, 0.2) is 0 Å². The van der Waals surface area contributed by atoms with Crippen molar-refractivity contribution in [3.63, 3.8) is 0 Å². The van der Waals surface area contributed by atoms with Crippen molar-refractivity contribution in [2.24, 2.45) is 5.73 Å². The third-order valence-corrected chi connectivity index (χ3v) is 7.34. The fourth-order valence-corrected chi connectivity index (χ4v) is 5.48. The Morgan fingerprint density at radius 3 is 2.59 bits per heavy atom. The molecule has 1 unspecified atom stereocenters. The molecule has 0 aliphatic carbocycles. The number of pyridine rings is 1. The number of hydrogen-bond donors (Lipinski definition) is 2. The number of nitrogens with two attached hydrogens (primary N) is 1. The molecule has 37 heavy (non-hydrogen) atoms. The van der Waals surface area contributed by atoms with Crippen LogP contribution in [0.25, 0.3) is 33.2 Å². The van der Waals surface area contributed by atoms with Crippen LogP contribution >= 0.6 is 11.6 Å². The molecule has 4 aromatic rings. The first-order chi connectivity index (χ1) is 17.9. The Bertz CT molecular complexity index is 1440. The normalized spacial score (nSPS) is 15.6. The van der Waals surface area contributed by atoms with E-state index in [9.17, 15) is 4.79 Å². The van der Waals surface area contributed by atoms with Gasteiger partial charge in [-0.3, -0.25) is 9.78 Å². The summed E-state index contributed by atoms with van der Waals surface area (Å²) in [6.07, 6.45) is 6.51. The van der Waals surface area contributed by atoms with Gasteiger partial charge in [-0.15, -0.1) is 0 Å². The molecular formula is C31H32ClN3O2. The summed E-state index contributed by atoms with van der Waals surface area (Å²) in [5.74, 6) is 0.327. The molecule has 1 fully saturated rings. The molecule has 0 radical (unpaired) electrons. The van der Waals surface area contributed by atoms with Crippen molar-refractivity contribution < 1.29 is 9.53 Å². The minimum absolute atomic E-state index is 0.437. The topological polar surface area (TPSA) is 77.2 Å². The highest BCUT2D eigenvalue weighted by atomic mass is 35.5. The number of primary amides is 1. The Labute approximate surface area is 223 Å². The van der Waals surface area contributed by atoms with E-state index in [1.807, 2.05) is 30.5 Å². The lowest BCUT2D eigenvalue weighted by molar-refractivity contribution is 0.100. The van der Waals surface area contributed by atoms with Gasteiger partial charge in [0.05, 0.1) is 17.1 Å². The number of amides is 1. The Balaban J connectivity index is 1.62. The largest absolute Gasteiger partial charge is 0.492 e. The lowest BCUT2D eigenvalue weighted by Gasteiger charge is -2.24. The Kier molecular flexibility index (Phi) is 7.45. The van der Waals surface area contributed by atoms with Crippen molar-refractivity contribution in [2.45, 2.75) is 45.6 Å². The lowest BCUT2D eigenvalue weighted by Crippen LogP contribution is -2.35. The number of nitrogens with one attached hydrogen (secondary N) is 1. The number of ether oxygens (including phenoxy) is 1. The standard InChI is InChI=1S/C31H32ClN3O2/c1-19-12-20(2)14-23(13-19)27-18-35-29-17-28(32)25(21-6-5-7-22(15-21)31(33)36)16-26(29)30(27)37-11-9-24-8-3-4-10-34-24/h5-7,12-18,24,34H,3-4,8-11H2,1-2H3,(H2,33,36). The van der Waals surface area contributed by atoms with Gasteiger partial charge in [0, 0.05) is 34.3 Å². The van der Waals surface area contributed by atoms with Crippen LogP contribution in [-0.4, -0.2) is 30.1 Å². The third-order valence-electron chi connectivity index (χ3n) is 7.02. The second-order valence-corrected chi connectivity index (χ2v) is 10.4. The van der Waals surface area contributed by atoms with E-state index < -0.39 is 5.91 Å². The molecule has 1 amide bonds. The number of aromatic nitrogens is 1. The van der Waals surface area contributed by atoms with E-state index in [1.54, 1.807) is 12.1 Å². The number of carbonyl (C=O) groups is 1. The second-order valence-electron chi connectivity index (χ2n) is 9.96. The number of benzene rings is 3. The van der Waals surface area contributed by atoms with Crippen molar-refractivity contribution in [1.82, 2.24) is 10.3 Å². The summed E-state index contributed by atoms with van der Waals surface area (Å²) in [4.78, 5) is 16.6. The summed E-state index contributed by atoms with van der Waals surface area (Å²) in [5, 5.41) is 5.05. The predicted octanol–water partition coefficient (Wildman–Crippen LogP) is 6.85. The van der Waals surface area contributed by atoms with Gasteiger partial charge in [-0.05, 0) is 75.0 Å². The maximum absolute atomic E-state index is 11.8. The van der Waals surface area contributed by atoms with Crippen LogP contribution in [0.1, 0.15) is 47.2 Å². The average molecular weight is 514 g/mol. The number of aryl methyl sites for hydroxylation is 2. The molecule has 0 spiro atoms. The van der Waals surface area contributed by atoms with E-state index in [0.717, 1.165) is 51.9 Å². The fraction of sp³-hybridized carbons (Fsp3) is 0.290. The molecular weight excluding hydrogens is 482 g/mol. The summed E-state index contributed by atoms with van der Waals surface area (Å²) >= 11 is 6.72. The molecule has 1 aliphatic heterocycles. The molecule has 190 valence electrons. The van der Waals surface area contributed by atoms with Gasteiger partial charge in [-0.2, -0.15) is 0 Å². The molecule has 1 atom stereocenters. The molecule has 5 nitrogen and oxygen atoms in total. The number of rotatable bonds is 7. The average Bonchev–Trinajstić information content (AvgIpc) is 2.88. The maximum Gasteiger partial charge on any atom is 0.248 e. The van der Waals surface area contributed by atoms with Crippen molar-refractivity contribution in [3.8, 4) is 28.0 Å². The minimum Gasteiger partial charge on any atom is -0.492 e. The zero-order valence-corrected chi connectivity index (χ0v) is 22.1. The summed E-state index contributed by atoms with van der Waals surface area (Å²) in [7, 11) is 0. The van der Waals surface area contributed by atoms with Gasteiger partial charge < -0.3 is 15.8 Å². The first kappa shape index (κ1) is 25.2. The Morgan fingerprint density at radius 1 is 1.05 bits per heavy atom. The van der Waals surface area contributed by atoms with Crippen LogP contribution in [0.5, 0.6) is 5.75 Å². The van der Waals surface area contributed by atoms with Crippen LogP contribution in [0.3, 0.4) is 0 Å². The zero-order valence-electron chi connectivity index (χ0n) is 21.3. The van der Waals surface area contributed by atoms with Crippen molar-refractivity contribution in [3.05, 3.63) is 82.5 Å². The van der Waals surface area contributed by atoms with Gasteiger partial charge in [0.25, 0.3) is 0 Å². The predicted molar refractivity (Wildman–Crippen MR) is 151 cm³/mol. The Morgan fingerprint density at radius 2 is 1.86 bits per heavy atom. The first-order valence-corrected chi connectivity index (χ1v) is 13.2. The molecule has 5 rings (SSSR count). The highest BCUT2D eigenvalue weighted by Crippen LogP contribution is 2.41. The van der Waals surface area contributed by atoms with Gasteiger partial charge >= 0.3 is 0 Å². The van der Waals surface area contributed by atoms with Gasteiger partial charge in [-0.25, -0.2) is 0 Å². The number of hydrogen-bond acceptors (Lipinski definition) is 4. The smallest absolute Gasteiger partial charge is 0.248 e. The lowest BCUT2D eigenvalue weighted by atomic mass is 9.97. The highest BCUT2D eigenvalue weighted by Gasteiger charge is 2.18. The molecule has 0 saturated carbocycles. The van der Waals surface area contributed by atoms with Crippen LogP contribution < -0.4 is 15.8 Å². The monoisotopic (exact) mass is 513 g/mol. The van der Waals surface area contributed by atoms with Gasteiger partial charge in [0.2, 0.25) is 5.91 Å². The summed E-state index contributed by atoms with van der Waals surface area (Å²) in [6.45, 7) is 5.88. The number of fused-ring (bicyclic) bond motifs is 1. The molecule has 3 N–H and O–H groups in total. The van der Waals surface area contributed by atoms with E-state index in [0.29, 0.717) is 23.2 Å². The summed E-state index contributed by atoms with van der Waals surface area (Å²) in [6, 6.07) is 18.1. The quantitative estimate of drug-likeness (QED) is 0.283. The van der Waals surface area contributed by atoms with Crippen LogP contribution in [0.15, 0.2) is 60.8 Å². The van der Waals surface area contributed by atoms with Crippen molar-refractivity contribution in [2.75, 3.05) is 13.2 Å². The highest BCUT2D eigenvalue weighted by molar-refractivity contribution is 6.34. The number of nitrogens with zero attached hydrogens (tertiary/aromatic N) is 1. The van der Waals surface area contributed by atoms with E-state index in [2.05, 4.69) is 37.4 Å². The second kappa shape index (κ2) is 10.9. The van der Waals surface area contributed by atoms with Gasteiger partial charge in [0.1, 0.15) is 5.75 Å². The SMILES string of the molecule is Cc1cc(C)cc(-c2cnc3cc(Cl)c(-c4cccc(C(N)=O)c4)cc3c2OCCC2CCCCN2)c1. The first-order valence-electron chi connectivity index (χ1n) is 12.9. The maximum atomic E-state index is 11.8. The summed E-state index contributed by atoms with van der Waals surface area (Å²) in [5.41, 5.74) is 12.8. The van der Waals surface area contributed by atoms with Crippen molar-refractivity contribution in [1.29, 1.82) is 0 Å². The van der Waals surface area contributed by atoms with E-state index in [-0.39, 0.29) is 0 Å². The molecule has 1 aliphatic rings. The van der Waals surface area contributed by atoms with Crippen LogP contribution in [0, 0.1) is 13.8 Å². The van der Waals surface area contributed by atoms with Gasteiger partial charge in [-0.1, -0.05) is 59.5 Å². The van der Waals surface area contributed by atoms with E-state index in [1.165, 1.54) is 30.4 Å². The van der Waals surface area contributed by atoms with Crippen LogP contribution in [-0.2, 0) is 0 Å². The Hall–Kier alpha value is -3.41. The van der Waals surface area contributed by atoms with Crippen molar-refractivity contribution >= 4 is 28.4 Å². The molecule has 0 bridgehead atoms. The van der Waals surface area contributed by atoms with E-state index >= 15 is 0 Å². The van der Waals surface area contributed by atoms with E-state index in [4.69, 9.17) is 27.1 Å². The fourth-order valence-electron chi connectivity index (χ4n) is 5.22. The van der Waals surface area contributed by atoms with Crippen LogP contribution in [0.2, 0.25) is 5.02 Å². The third kappa shape index (κ3) is 5.63. The molecule has 6 heteroatoms. The molecule has 2 heterocycles. The molecule has 3 aromatic carbocycles. The number of halogens is 1. The van der Waals surface area contributed by atoms with Crippen LogP contribution in [0.4, 0.5) is 0 Å². The molecule has 1 aromatic heterocycles. The molecule has 1 saturated heterocycles. The number of piperidine rings is 1. The number of carbonyl (C=O) groups excluding carboxylic acids is 1. The summed E-state index contributed by atoms with van der Waals surface area (Å²) < 4.78 is 6.58.